The zero-order chi connectivity index (χ0) is 69.1. The number of rotatable bonds is 8. The van der Waals surface area contributed by atoms with E-state index in [9.17, 15) is 0 Å². The van der Waals surface area contributed by atoms with Gasteiger partial charge in [-0.15, -0.1) is 71.4 Å². The number of benzene rings is 4. The fraction of sp³-hybridized carbons (Fsp3) is 0.161. The average Bonchev–Trinajstić information content (AvgIpc) is 1.62. The maximum atomic E-state index is 6.16. The van der Waals surface area contributed by atoms with Crippen molar-refractivity contribution in [2.75, 3.05) is 0 Å². The molecule has 1 N–H and O–H groups in total. The highest BCUT2D eigenvalue weighted by molar-refractivity contribution is 6.43. The predicted molar refractivity (Wildman–Crippen MR) is 368 cm³/mol. The van der Waals surface area contributed by atoms with Crippen LogP contribution in [0.2, 0.25) is 40.2 Å². The van der Waals surface area contributed by atoms with Crippen LogP contribution in [-0.2, 0) is 0 Å². The highest BCUT2D eigenvalue weighted by atomic mass is 35.5. The Hall–Kier alpha value is -10.0. The van der Waals surface area contributed by atoms with Gasteiger partial charge in [0, 0.05) is 6.92 Å². The molecule has 0 bridgehead atoms. The van der Waals surface area contributed by atoms with Gasteiger partial charge in [0.2, 0.25) is 24.0 Å². The largest absolute Gasteiger partial charge is 0.440 e. The normalized spacial score (nSPS) is 11.4. The molecule has 36 heteroatoms. The number of aryl methyl sites for hydroxylation is 10. The molecule has 12 aromatic heterocycles. The van der Waals surface area contributed by atoms with Crippen molar-refractivity contribution >= 4 is 115 Å². The molecule has 16 aromatic rings. The van der Waals surface area contributed by atoms with E-state index in [0.29, 0.717) is 121 Å². The van der Waals surface area contributed by atoms with Gasteiger partial charge in [0.1, 0.15) is 5.76 Å². The molecule has 28 nitrogen and oxygen atoms in total. The highest BCUT2D eigenvalue weighted by Gasteiger charge is 2.26. The molecule has 16 rings (SSSR count). The topological polar surface area (TPSA) is 331 Å². The molecular weight excluding hydrogens is 1430 g/mol. The SMILES string of the molecule is Cc1cnc(-c2nnc3c(-c4ccc(Cl)c(Cl)c4)c(C)nn3c2C)o1.Cc1nn2c(C)c(-c3nn[nH]n3)nnc2c1-c1ccc(Cl)c(Cl)c1.Cc1nn2c(C)c(-c3nnco3)nnc2c1-c1ccc(Cl)c(Cl)c1.Cc1nnc(-c2nnc3c(-c4ccc(Cl)c(Cl)c4)c(C)nn3c2C)o1. The molecule has 0 atom stereocenters. The minimum Gasteiger partial charge on any atom is -0.440 e. The van der Waals surface area contributed by atoms with E-state index in [1.54, 1.807) is 79.7 Å². The Morgan fingerprint density at radius 1 is 0.357 bits per heavy atom. The zero-order valence-corrected chi connectivity index (χ0v) is 58.6. The van der Waals surface area contributed by atoms with Crippen molar-refractivity contribution in [1.29, 1.82) is 0 Å². The number of aromatic amines is 1. The van der Waals surface area contributed by atoms with Crippen molar-refractivity contribution in [3.63, 3.8) is 0 Å². The number of aromatic nitrogens is 25. The van der Waals surface area contributed by atoms with E-state index in [1.165, 1.54) is 6.39 Å². The van der Waals surface area contributed by atoms with Crippen LogP contribution in [0.15, 0.2) is 98.6 Å². The summed E-state index contributed by atoms with van der Waals surface area (Å²) in [7, 11) is 0. The first-order valence-corrected chi connectivity index (χ1v) is 32.0. The maximum absolute atomic E-state index is 6.16. The summed E-state index contributed by atoms with van der Waals surface area (Å²) in [5, 5.41) is 85.7. The summed E-state index contributed by atoms with van der Waals surface area (Å²) in [6.45, 7) is 18.7. The number of H-pyrrole nitrogens is 1. The molecule has 12 heterocycles. The molecule has 0 amide bonds. The molecule has 0 aliphatic rings. The summed E-state index contributed by atoms with van der Waals surface area (Å²) in [5.74, 6) is 2.58. The van der Waals surface area contributed by atoms with E-state index in [4.69, 9.17) is 106 Å². The molecule has 98 heavy (non-hydrogen) atoms. The van der Waals surface area contributed by atoms with Gasteiger partial charge in [0.25, 0.3) is 11.8 Å². The summed E-state index contributed by atoms with van der Waals surface area (Å²) in [5.41, 5.74) is 17.7. The summed E-state index contributed by atoms with van der Waals surface area (Å²) in [4.78, 5) is 4.22. The van der Waals surface area contributed by atoms with E-state index in [1.807, 2.05) is 86.6 Å². The minimum absolute atomic E-state index is 0.297. The number of hydrogen-bond acceptors (Lipinski definition) is 23. The Kier molecular flexibility index (Phi) is 18.4. The molecule has 4 aromatic carbocycles. The Morgan fingerprint density at radius 3 is 1.04 bits per heavy atom. The summed E-state index contributed by atoms with van der Waals surface area (Å²) in [6, 6.07) is 21.7. The van der Waals surface area contributed by atoms with Crippen molar-refractivity contribution in [1.82, 2.24) is 125 Å². The van der Waals surface area contributed by atoms with Crippen molar-refractivity contribution in [2.24, 2.45) is 0 Å². The van der Waals surface area contributed by atoms with Crippen LogP contribution in [0.1, 0.15) is 57.2 Å². The van der Waals surface area contributed by atoms with Gasteiger partial charge >= 0.3 is 0 Å². The van der Waals surface area contributed by atoms with E-state index in [-0.39, 0.29) is 0 Å². The van der Waals surface area contributed by atoms with E-state index < -0.39 is 0 Å². The number of tetrazole rings is 1. The first-order chi connectivity index (χ1) is 47.0. The van der Waals surface area contributed by atoms with Gasteiger partial charge in [0.15, 0.2) is 45.4 Å². The molecule has 0 saturated carbocycles. The first-order valence-electron chi connectivity index (χ1n) is 29.0. The van der Waals surface area contributed by atoms with Crippen LogP contribution in [-0.4, -0.2) is 125 Å². The maximum Gasteiger partial charge on any atom is 0.270 e. The van der Waals surface area contributed by atoms with E-state index in [0.717, 1.165) is 90.1 Å². The van der Waals surface area contributed by atoms with Crippen LogP contribution in [0.4, 0.5) is 0 Å². The quantitative estimate of drug-likeness (QED) is 0.148. The lowest BCUT2D eigenvalue weighted by Crippen LogP contribution is -2.03. The third-order valence-electron chi connectivity index (χ3n) is 15.3. The van der Waals surface area contributed by atoms with Crippen LogP contribution in [0, 0.1) is 69.2 Å². The van der Waals surface area contributed by atoms with Crippen LogP contribution in [0.25, 0.3) is 113 Å². The van der Waals surface area contributed by atoms with Gasteiger partial charge in [0.05, 0.1) is 114 Å². The Labute approximate surface area is 592 Å². The lowest BCUT2D eigenvalue weighted by molar-refractivity contribution is 0.528. The van der Waals surface area contributed by atoms with E-state index in [2.05, 4.69) is 107 Å². The summed E-state index contributed by atoms with van der Waals surface area (Å²) >= 11 is 48.6. The lowest BCUT2D eigenvalue weighted by Gasteiger charge is -2.04. The van der Waals surface area contributed by atoms with Crippen LogP contribution in [0.3, 0.4) is 0 Å². The van der Waals surface area contributed by atoms with Gasteiger partial charge in [-0.25, -0.2) is 23.0 Å². The van der Waals surface area contributed by atoms with Crippen LogP contribution < -0.4 is 0 Å². The average molecular weight is 1470 g/mol. The number of nitrogens with zero attached hydrogens (tertiary/aromatic N) is 24. The minimum atomic E-state index is 0.297. The standard InChI is InChI=1S/C17H13Cl2N5O.C16H12Cl2N6O.C15H10Cl2N6O.C14H10Cl2N8/c1-8-7-20-17(25-8)15-10(3)24-16(22-21-15)14(9(2)23-24)11-4-5-12(18)13(19)6-11;1-7-13(10-4-5-11(17)12(18)6-10)15-21-20-14(8(2)24(15)23-7)16-22-19-9(3)25-16;1-7-12(9-3-4-10(16)11(17)5-9)14-20-19-13(8(2)23(14)22-7)15-21-18-6-24-15;1-6-11(8-3-4-9(15)10(16)5-8)14-20-17-12(7(2)24(14)21-6)13-18-22-23-19-13/h4-7H,1-3H3;4-6H,1-3H3;3-6H,1-2H3;3-5H,1-2H3,(H,18,19,22,23). The molecular formula is C62H45Cl8N25O3. The number of halogens is 8. The van der Waals surface area contributed by atoms with Crippen molar-refractivity contribution in [3.05, 3.63) is 183 Å². The predicted octanol–water partition coefficient (Wildman–Crippen LogP) is 15.4. The summed E-state index contributed by atoms with van der Waals surface area (Å²) in [6.07, 6.45) is 2.90. The van der Waals surface area contributed by atoms with Gasteiger partial charge < -0.3 is 13.3 Å². The second-order valence-corrected chi connectivity index (χ2v) is 25.0. The molecule has 492 valence electrons. The van der Waals surface area contributed by atoms with Crippen LogP contribution >= 0.6 is 92.8 Å². The van der Waals surface area contributed by atoms with Crippen molar-refractivity contribution in [2.45, 2.75) is 69.2 Å². The van der Waals surface area contributed by atoms with Crippen molar-refractivity contribution < 1.29 is 13.3 Å². The number of oxazole rings is 1. The Balaban J connectivity index is 0.000000118. The number of hydrogen-bond donors (Lipinski definition) is 1. The molecule has 0 radical (unpaired) electrons. The Bertz CT molecular complexity index is 5400. The smallest absolute Gasteiger partial charge is 0.270 e. The lowest BCUT2D eigenvalue weighted by atomic mass is 10.1. The third kappa shape index (κ3) is 12.6. The molecule has 0 saturated heterocycles. The zero-order valence-electron chi connectivity index (χ0n) is 52.6. The molecule has 0 fully saturated rings. The molecule has 0 aliphatic carbocycles. The number of fused-ring (bicyclic) bond motifs is 4. The van der Waals surface area contributed by atoms with Crippen molar-refractivity contribution in [3.8, 4) is 90.8 Å². The highest BCUT2D eigenvalue weighted by Crippen LogP contribution is 2.38. The monoisotopic (exact) mass is 1470 g/mol. The Morgan fingerprint density at radius 2 is 0.724 bits per heavy atom. The van der Waals surface area contributed by atoms with Gasteiger partial charge in [-0.3, -0.25) is 0 Å². The fourth-order valence-corrected chi connectivity index (χ4v) is 11.8. The van der Waals surface area contributed by atoms with E-state index >= 15 is 0 Å². The van der Waals surface area contributed by atoms with Gasteiger partial charge in [-0.2, -0.15) is 25.6 Å². The second kappa shape index (κ2) is 27.1. The van der Waals surface area contributed by atoms with Crippen LogP contribution in [0.5, 0.6) is 0 Å². The molecule has 0 aliphatic heterocycles. The second-order valence-electron chi connectivity index (χ2n) is 21.7. The fourth-order valence-electron chi connectivity index (χ4n) is 10.6. The first kappa shape index (κ1) is 66.6. The molecule has 0 spiro atoms. The number of nitrogens with one attached hydrogen (secondary N) is 1. The van der Waals surface area contributed by atoms with Gasteiger partial charge in [-0.1, -0.05) is 117 Å². The third-order valence-corrected chi connectivity index (χ3v) is 18.2. The van der Waals surface area contributed by atoms with Gasteiger partial charge in [-0.05, 0) is 138 Å². The molecule has 0 unspecified atom stereocenters. The summed E-state index contributed by atoms with van der Waals surface area (Å²) < 4.78 is 23.1.